The van der Waals surface area contributed by atoms with Crippen LogP contribution in [0.3, 0.4) is 0 Å². The average molecular weight is 390 g/mol. The topological polar surface area (TPSA) is 36.0 Å². The van der Waals surface area contributed by atoms with Crippen molar-refractivity contribution in [3.63, 3.8) is 0 Å². The van der Waals surface area contributed by atoms with Gasteiger partial charge >= 0.3 is 6.09 Å². The number of piperazine rings is 1. The first-order valence-electron chi connectivity index (χ1n) is 10.8. The van der Waals surface area contributed by atoms with Gasteiger partial charge in [-0.25, -0.2) is 9.18 Å². The number of ether oxygens (including phenoxy) is 1. The standard InChI is InChI=1S/C22H32FN3O2/c23-21(19-9-5-2-6-10-19)25-13-11-24(12-14-25)16-20-17-26(22(27)28-20)15-18-7-3-1-4-8-18/h2,5-6,9-10,18,20-21H,1,3-4,7-8,11-17H2. The number of cyclic esters (lactones) is 1. The largest absolute Gasteiger partial charge is 0.443 e. The molecule has 5 nitrogen and oxygen atoms in total. The number of hydrogen-bond donors (Lipinski definition) is 0. The number of rotatable bonds is 6. The highest BCUT2D eigenvalue weighted by Gasteiger charge is 2.35. The van der Waals surface area contributed by atoms with Gasteiger partial charge in [-0.3, -0.25) is 9.80 Å². The van der Waals surface area contributed by atoms with Gasteiger partial charge in [-0.05, 0) is 18.8 Å². The fraction of sp³-hybridized carbons (Fsp3) is 0.682. The monoisotopic (exact) mass is 389 g/mol. The van der Waals surface area contributed by atoms with E-state index in [-0.39, 0.29) is 12.2 Å². The first-order valence-corrected chi connectivity index (χ1v) is 10.8. The maximum atomic E-state index is 14.7. The molecule has 0 radical (unpaired) electrons. The lowest BCUT2D eigenvalue weighted by Crippen LogP contribution is -2.49. The maximum absolute atomic E-state index is 14.7. The summed E-state index contributed by atoms with van der Waals surface area (Å²) in [5.74, 6) is 0.642. The van der Waals surface area contributed by atoms with Gasteiger partial charge in [-0.15, -0.1) is 0 Å². The summed E-state index contributed by atoms with van der Waals surface area (Å²) in [6.07, 6.45) is 5.14. The molecular formula is C22H32FN3O2. The lowest BCUT2D eigenvalue weighted by molar-refractivity contribution is 0.0182. The van der Waals surface area contributed by atoms with Gasteiger partial charge in [0.05, 0.1) is 6.54 Å². The van der Waals surface area contributed by atoms with Crippen molar-refractivity contribution in [2.75, 3.05) is 45.8 Å². The highest BCUT2D eigenvalue weighted by atomic mass is 19.1. The molecule has 2 aliphatic heterocycles. The van der Waals surface area contributed by atoms with E-state index in [4.69, 9.17) is 4.74 Å². The number of halogens is 1. The first-order chi connectivity index (χ1) is 13.7. The Bertz CT molecular complexity index is 630. The Kier molecular flexibility index (Phi) is 6.47. The van der Waals surface area contributed by atoms with Crippen LogP contribution in [-0.2, 0) is 4.74 Å². The Labute approximate surface area is 167 Å². The Balaban J connectivity index is 1.21. The summed E-state index contributed by atoms with van der Waals surface area (Å²) in [5, 5.41) is 0. The SMILES string of the molecule is O=C1OC(CN2CCN(C(F)c3ccccc3)CC2)CN1CC1CCCCC1. The second-order valence-electron chi connectivity index (χ2n) is 8.50. The zero-order chi connectivity index (χ0) is 19.3. The van der Waals surface area contributed by atoms with E-state index in [9.17, 15) is 9.18 Å². The fourth-order valence-corrected chi connectivity index (χ4v) is 4.78. The number of carbonyl (C=O) groups is 1. The predicted molar refractivity (Wildman–Crippen MR) is 107 cm³/mol. The van der Waals surface area contributed by atoms with Crippen molar-refractivity contribution in [3.8, 4) is 0 Å². The number of hydrogen-bond acceptors (Lipinski definition) is 4. The molecule has 154 valence electrons. The molecule has 1 amide bonds. The van der Waals surface area contributed by atoms with Crippen molar-refractivity contribution in [1.29, 1.82) is 0 Å². The number of carbonyl (C=O) groups excluding carboxylic acids is 1. The van der Waals surface area contributed by atoms with E-state index >= 15 is 0 Å². The minimum Gasteiger partial charge on any atom is -0.443 e. The van der Waals surface area contributed by atoms with Gasteiger partial charge in [0.2, 0.25) is 0 Å². The van der Waals surface area contributed by atoms with Gasteiger partial charge in [-0.2, -0.15) is 0 Å². The Morgan fingerprint density at radius 1 is 1.00 bits per heavy atom. The third-order valence-corrected chi connectivity index (χ3v) is 6.42. The molecule has 6 heteroatoms. The smallest absolute Gasteiger partial charge is 0.410 e. The molecule has 2 saturated heterocycles. The summed E-state index contributed by atoms with van der Waals surface area (Å²) in [7, 11) is 0. The van der Waals surface area contributed by atoms with Crippen molar-refractivity contribution in [2.24, 2.45) is 5.92 Å². The zero-order valence-corrected chi connectivity index (χ0v) is 16.6. The van der Waals surface area contributed by atoms with E-state index in [1.807, 2.05) is 40.1 Å². The molecule has 2 unspecified atom stereocenters. The minimum absolute atomic E-state index is 0.0575. The highest BCUT2D eigenvalue weighted by molar-refractivity contribution is 5.69. The second kappa shape index (κ2) is 9.23. The van der Waals surface area contributed by atoms with Crippen molar-refractivity contribution >= 4 is 6.09 Å². The molecule has 4 rings (SSSR count). The molecule has 0 aromatic heterocycles. The highest BCUT2D eigenvalue weighted by Crippen LogP contribution is 2.27. The molecule has 3 fully saturated rings. The van der Waals surface area contributed by atoms with E-state index in [0.29, 0.717) is 25.6 Å². The average Bonchev–Trinajstić information content (AvgIpc) is 3.08. The van der Waals surface area contributed by atoms with Crippen LogP contribution in [0.25, 0.3) is 0 Å². The predicted octanol–water partition coefficient (Wildman–Crippen LogP) is 3.67. The van der Waals surface area contributed by atoms with Crippen molar-refractivity contribution in [2.45, 2.75) is 44.5 Å². The molecule has 0 N–H and O–H groups in total. The lowest BCUT2D eigenvalue weighted by Gasteiger charge is -2.37. The molecule has 2 heterocycles. The first kappa shape index (κ1) is 19.6. The minimum atomic E-state index is -1.04. The van der Waals surface area contributed by atoms with E-state index in [0.717, 1.165) is 31.7 Å². The number of nitrogens with zero attached hydrogens (tertiary/aromatic N) is 3. The maximum Gasteiger partial charge on any atom is 0.410 e. The molecule has 0 bridgehead atoms. The Morgan fingerprint density at radius 3 is 2.43 bits per heavy atom. The molecular weight excluding hydrogens is 357 g/mol. The summed E-state index contributed by atoms with van der Waals surface area (Å²) >= 11 is 0. The van der Waals surface area contributed by atoms with Crippen molar-refractivity contribution < 1.29 is 13.9 Å². The van der Waals surface area contributed by atoms with Crippen LogP contribution < -0.4 is 0 Å². The molecule has 1 saturated carbocycles. The summed E-state index contributed by atoms with van der Waals surface area (Å²) in [4.78, 5) is 18.3. The van der Waals surface area contributed by atoms with Gasteiger partial charge in [0.15, 0.2) is 6.30 Å². The Morgan fingerprint density at radius 2 is 1.71 bits per heavy atom. The lowest BCUT2D eigenvalue weighted by atomic mass is 9.89. The normalized spacial score (nSPS) is 26.4. The van der Waals surface area contributed by atoms with Crippen molar-refractivity contribution in [1.82, 2.24) is 14.7 Å². The molecule has 1 aromatic carbocycles. The summed E-state index contributed by atoms with van der Waals surface area (Å²) in [5.41, 5.74) is 0.721. The number of benzene rings is 1. The molecule has 2 atom stereocenters. The number of alkyl halides is 1. The van der Waals surface area contributed by atoms with Gasteiger partial charge in [0.1, 0.15) is 6.10 Å². The molecule has 28 heavy (non-hydrogen) atoms. The van der Waals surface area contributed by atoms with E-state index < -0.39 is 6.30 Å². The van der Waals surface area contributed by atoms with Gasteiger partial charge < -0.3 is 9.64 Å². The molecule has 1 aliphatic carbocycles. The summed E-state index contributed by atoms with van der Waals surface area (Å²) < 4.78 is 20.3. The third kappa shape index (κ3) is 4.84. The van der Waals surface area contributed by atoms with Crippen LogP contribution in [-0.4, -0.2) is 72.7 Å². The van der Waals surface area contributed by atoms with Crippen molar-refractivity contribution in [3.05, 3.63) is 35.9 Å². The van der Waals surface area contributed by atoms with Crippen LogP contribution in [0.1, 0.15) is 44.0 Å². The summed E-state index contributed by atoms with van der Waals surface area (Å²) in [6, 6.07) is 9.36. The third-order valence-electron chi connectivity index (χ3n) is 6.42. The van der Waals surface area contributed by atoms with Crippen LogP contribution >= 0.6 is 0 Å². The fourth-order valence-electron chi connectivity index (χ4n) is 4.78. The second-order valence-corrected chi connectivity index (χ2v) is 8.50. The van der Waals surface area contributed by atoms with Gasteiger partial charge in [-0.1, -0.05) is 49.6 Å². The summed E-state index contributed by atoms with van der Waals surface area (Å²) in [6.45, 7) is 5.32. The van der Waals surface area contributed by atoms with Crippen LogP contribution in [0, 0.1) is 5.92 Å². The zero-order valence-electron chi connectivity index (χ0n) is 16.6. The quantitative estimate of drug-likeness (QED) is 0.696. The Hall–Kier alpha value is -1.66. The van der Waals surface area contributed by atoms with Gasteiger partial charge in [0, 0.05) is 44.8 Å². The van der Waals surface area contributed by atoms with E-state index in [1.165, 1.54) is 32.1 Å². The van der Waals surface area contributed by atoms with Crippen LogP contribution in [0.2, 0.25) is 0 Å². The molecule has 1 aromatic rings. The van der Waals surface area contributed by atoms with Gasteiger partial charge in [0.25, 0.3) is 0 Å². The van der Waals surface area contributed by atoms with Crippen LogP contribution in [0.15, 0.2) is 30.3 Å². The van der Waals surface area contributed by atoms with E-state index in [1.54, 1.807) is 0 Å². The molecule has 0 spiro atoms. The molecule has 3 aliphatic rings. The van der Waals surface area contributed by atoms with E-state index in [2.05, 4.69) is 4.90 Å². The van der Waals surface area contributed by atoms with Crippen LogP contribution in [0.4, 0.5) is 9.18 Å². The number of amides is 1. The van der Waals surface area contributed by atoms with Crippen LogP contribution in [0.5, 0.6) is 0 Å².